The van der Waals surface area contributed by atoms with Crippen LogP contribution in [0.2, 0.25) is 0 Å². The van der Waals surface area contributed by atoms with E-state index in [1.54, 1.807) is 12.1 Å². The van der Waals surface area contributed by atoms with E-state index in [2.05, 4.69) is 26.0 Å². The quantitative estimate of drug-likeness (QED) is 0.828. The van der Waals surface area contributed by atoms with Crippen LogP contribution >= 0.6 is 0 Å². The number of rotatable bonds is 5. The molecule has 4 nitrogen and oxygen atoms in total. The van der Waals surface area contributed by atoms with Crippen LogP contribution in [0.1, 0.15) is 41.3 Å². The number of nitrogens with two attached hydrogens (primary N) is 2. The number of hydrogen-bond acceptors (Lipinski definition) is 3. The lowest BCUT2D eigenvalue weighted by Gasteiger charge is -2.11. The lowest BCUT2D eigenvalue weighted by molar-refractivity contribution is 0.0996. The van der Waals surface area contributed by atoms with Gasteiger partial charge in [0.15, 0.2) is 0 Å². The summed E-state index contributed by atoms with van der Waals surface area (Å²) in [6.45, 7) is 4.68. The largest absolute Gasteiger partial charge is 0.488 e. The molecule has 0 unspecified atom stereocenters. The van der Waals surface area contributed by atoms with E-state index in [-0.39, 0.29) is 0 Å². The Kier molecular flexibility index (Phi) is 4.48. The van der Waals surface area contributed by atoms with Crippen LogP contribution in [0.15, 0.2) is 42.5 Å². The lowest BCUT2D eigenvalue weighted by Crippen LogP contribution is -2.13. The molecule has 1 amide bonds. The van der Waals surface area contributed by atoms with E-state index < -0.39 is 5.91 Å². The second kappa shape index (κ2) is 6.31. The molecule has 2 rings (SSSR count). The van der Waals surface area contributed by atoms with Gasteiger partial charge in [-0.2, -0.15) is 0 Å². The third-order valence-corrected chi connectivity index (χ3v) is 3.31. The van der Waals surface area contributed by atoms with Crippen molar-refractivity contribution in [3.63, 3.8) is 0 Å². The highest BCUT2D eigenvalue weighted by Crippen LogP contribution is 2.22. The van der Waals surface area contributed by atoms with E-state index in [0.717, 1.165) is 5.56 Å². The normalized spacial score (nSPS) is 10.6. The molecule has 0 aliphatic heterocycles. The van der Waals surface area contributed by atoms with E-state index in [0.29, 0.717) is 29.5 Å². The van der Waals surface area contributed by atoms with E-state index in [1.807, 2.05) is 12.1 Å². The molecule has 0 aromatic heterocycles. The summed E-state index contributed by atoms with van der Waals surface area (Å²) >= 11 is 0. The minimum atomic E-state index is -0.549. The zero-order valence-electron chi connectivity index (χ0n) is 12.3. The van der Waals surface area contributed by atoms with Gasteiger partial charge in [-0.3, -0.25) is 4.79 Å². The number of carbonyl (C=O) groups excluding carboxylic acids is 1. The van der Waals surface area contributed by atoms with Crippen LogP contribution in [-0.2, 0) is 6.61 Å². The Balaban J connectivity index is 2.11. The first-order valence-electron chi connectivity index (χ1n) is 6.88. The first-order valence-corrected chi connectivity index (χ1v) is 6.88. The molecular formula is C17H20N2O2. The molecular weight excluding hydrogens is 264 g/mol. The van der Waals surface area contributed by atoms with Crippen molar-refractivity contribution in [2.75, 3.05) is 5.73 Å². The standard InChI is InChI=1S/C17H20N2O2/c1-11(2)13-5-3-12(4-6-13)10-21-16-8-7-14(18)9-15(16)17(19)20/h3-9,11H,10,18H2,1-2H3,(H2,19,20). The highest BCUT2D eigenvalue weighted by molar-refractivity contribution is 5.96. The number of benzene rings is 2. The monoisotopic (exact) mass is 284 g/mol. The number of amides is 1. The second-order valence-electron chi connectivity index (χ2n) is 5.30. The molecule has 0 heterocycles. The van der Waals surface area contributed by atoms with Crippen molar-refractivity contribution < 1.29 is 9.53 Å². The van der Waals surface area contributed by atoms with Crippen LogP contribution in [0.5, 0.6) is 5.75 Å². The van der Waals surface area contributed by atoms with Gasteiger partial charge in [0, 0.05) is 5.69 Å². The van der Waals surface area contributed by atoms with Crippen molar-refractivity contribution in [2.24, 2.45) is 5.73 Å². The van der Waals surface area contributed by atoms with Crippen molar-refractivity contribution >= 4 is 11.6 Å². The molecule has 0 aliphatic rings. The Labute approximate surface area is 124 Å². The summed E-state index contributed by atoms with van der Waals surface area (Å²) in [6, 6.07) is 13.1. The first kappa shape index (κ1) is 14.9. The summed E-state index contributed by atoms with van der Waals surface area (Å²) in [5.41, 5.74) is 14.1. The summed E-state index contributed by atoms with van der Waals surface area (Å²) in [7, 11) is 0. The van der Waals surface area contributed by atoms with Gasteiger partial charge in [-0.1, -0.05) is 38.1 Å². The molecule has 0 aliphatic carbocycles. The highest BCUT2D eigenvalue weighted by Gasteiger charge is 2.10. The fourth-order valence-electron chi connectivity index (χ4n) is 2.03. The van der Waals surface area contributed by atoms with Crippen LogP contribution in [0.25, 0.3) is 0 Å². The Morgan fingerprint density at radius 2 is 1.81 bits per heavy atom. The van der Waals surface area contributed by atoms with Crippen LogP contribution in [0.3, 0.4) is 0 Å². The van der Waals surface area contributed by atoms with Crippen LogP contribution in [-0.4, -0.2) is 5.91 Å². The van der Waals surface area contributed by atoms with Crippen molar-refractivity contribution in [2.45, 2.75) is 26.4 Å². The molecule has 110 valence electrons. The van der Waals surface area contributed by atoms with Gasteiger partial charge < -0.3 is 16.2 Å². The maximum absolute atomic E-state index is 11.4. The van der Waals surface area contributed by atoms with E-state index in [9.17, 15) is 4.79 Å². The number of primary amides is 1. The molecule has 2 aromatic rings. The Bertz CT molecular complexity index is 634. The average Bonchev–Trinajstić information content (AvgIpc) is 2.46. The first-order chi connectivity index (χ1) is 9.97. The number of nitrogen functional groups attached to an aromatic ring is 1. The van der Waals surface area contributed by atoms with Crippen LogP contribution < -0.4 is 16.2 Å². The van der Waals surface area contributed by atoms with Gasteiger partial charge in [-0.05, 0) is 35.2 Å². The highest BCUT2D eigenvalue weighted by atomic mass is 16.5. The second-order valence-corrected chi connectivity index (χ2v) is 5.30. The van der Waals surface area contributed by atoms with E-state index in [4.69, 9.17) is 16.2 Å². The predicted molar refractivity (Wildman–Crippen MR) is 84.2 cm³/mol. The molecule has 0 spiro atoms. The summed E-state index contributed by atoms with van der Waals surface area (Å²) < 4.78 is 5.68. The summed E-state index contributed by atoms with van der Waals surface area (Å²) in [4.78, 5) is 11.4. The Hall–Kier alpha value is -2.49. The SMILES string of the molecule is CC(C)c1ccc(COc2ccc(N)cc2C(N)=O)cc1. The molecule has 4 N–H and O–H groups in total. The van der Waals surface area contributed by atoms with Gasteiger partial charge in [0.25, 0.3) is 5.91 Å². The van der Waals surface area contributed by atoms with Crippen molar-refractivity contribution in [3.8, 4) is 5.75 Å². The van der Waals surface area contributed by atoms with Gasteiger partial charge >= 0.3 is 0 Å². The van der Waals surface area contributed by atoms with Gasteiger partial charge in [0.05, 0.1) is 5.56 Å². The van der Waals surface area contributed by atoms with Gasteiger partial charge in [0.1, 0.15) is 12.4 Å². The van der Waals surface area contributed by atoms with Crippen LogP contribution in [0.4, 0.5) is 5.69 Å². The fraction of sp³-hybridized carbons (Fsp3) is 0.235. The predicted octanol–water partition coefficient (Wildman–Crippen LogP) is 3.07. The minimum Gasteiger partial charge on any atom is -0.488 e. The minimum absolute atomic E-state index is 0.300. The summed E-state index contributed by atoms with van der Waals surface area (Å²) in [5.74, 6) is 0.399. The zero-order valence-corrected chi connectivity index (χ0v) is 12.3. The molecule has 0 fully saturated rings. The van der Waals surface area contributed by atoms with Crippen molar-refractivity contribution in [3.05, 3.63) is 59.2 Å². The smallest absolute Gasteiger partial charge is 0.252 e. The average molecular weight is 284 g/mol. The summed E-state index contributed by atoms with van der Waals surface area (Å²) in [5, 5.41) is 0. The maximum atomic E-state index is 11.4. The third kappa shape index (κ3) is 3.75. The van der Waals surface area contributed by atoms with Crippen molar-refractivity contribution in [1.29, 1.82) is 0 Å². The number of carbonyl (C=O) groups is 1. The van der Waals surface area contributed by atoms with E-state index in [1.165, 1.54) is 11.6 Å². The number of hydrogen-bond donors (Lipinski definition) is 2. The molecule has 2 aromatic carbocycles. The van der Waals surface area contributed by atoms with Gasteiger partial charge in [0.2, 0.25) is 0 Å². The Morgan fingerprint density at radius 3 is 2.38 bits per heavy atom. The topological polar surface area (TPSA) is 78.3 Å². The molecule has 0 radical (unpaired) electrons. The Morgan fingerprint density at radius 1 is 1.14 bits per heavy atom. The molecule has 0 bridgehead atoms. The summed E-state index contributed by atoms with van der Waals surface area (Å²) in [6.07, 6.45) is 0. The molecule has 0 atom stereocenters. The molecule has 0 saturated heterocycles. The van der Waals surface area contributed by atoms with Gasteiger partial charge in [-0.25, -0.2) is 0 Å². The fourth-order valence-corrected chi connectivity index (χ4v) is 2.03. The zero-order chi connectivity index (χ0) is 15.4. The van der Waals surface area contributed by atoms with Crippen molar-refractivity contribution in [1.82, 2.24) is 0 Å². The lowest BCUT2D eigenvalue weighted by atomic mass is 10.0. The third-order valence-electron chi connectivity index (χ3n) is 3.31. The molecule has 21 heavy (non-hydrogen) atoms. The van der Waals surface area contributed by atoms with Gasteiger partial charge in [-0.15, -0.1) is 0 Å². The number of anilines is 1. The molecule has 4 heteroatoms. The maximum Gasteiger partial charge on any atom is 0.252 e. The van der Waals surface area contributed by atoms with E-state index >= 15 is 0 Å². The number of ether oxygens (including phenoxy) is 1. The molecule has 0 saturated carbocycles. The van der Waals surface area contributed by atoms with Crippen LogP contribution in [0, 0.1) is 0 Å².